The highest BCUT2D eigenvalue weighted by Crippen LogP contribution is 2.29. The second kappa shape index (κ2) is 9.50. The molecule has 0 saturated heterocycles. The van der Waals surface area contributed by atoms with E-state index in [1.807, 2.05) is 0 Å². The summed E-state index contributed by atoms with van der Waals surface area (Å²) in [5.74, 6) is 0.881. The quantitative estimate of drug-likeness (QED) is 0.404. The summed E-state index contributed by atoms with van der Waals surface area (Å²) >= 11 is 0. The van der Waals surface area contributed by atoms with Gasteiger partial charge in [0, 0.05) is 0 Å². The zero-order valence-corrected chi connectivity index (χ0v) is 11.9. The van der Waals surface area contributed by atoms with Crippen molar-refractivity contribution in [3.8, 4) is 0 Å². The van der Waals surface area contributed by atoms with Crippen molar-refractivity contribution in [3.05, 3.63) is 23.8 Å². The molecule has 1 rings (SSSR count). The summed E-state index contributed by atoms with van der Waals surface area (Å²) in [7, 11) is 0. The van der Waals surface area contributed by atoms with Gasteiger partial charge in [-0.1, -0.05) is 82.6 Å². The lowest BCUT2D eigenvalue weighted by molar-refractivity contribution is 0.458. The number of allylic oxidation sites excluding steroid dienone is 4. The van der Waals surface area contributed by atoms with Crippen LogP contribution in [-0.2, 0) is 0 Å². The van der Waals surface area contributed by atoms with E-state index in [0.717, 1.165) is 5.92 Å². The number of hydrogen-bond donors (Lipinski definition) is 0. The molecule has 0 aromatic carbocycles. The predicted octanol–water partition coefficient (Wildman–Crippen LogP) is 6.04. The molecular weight excluding hydrogens is 204 g/mol. The lowest BCUT2D eigenvalue weighted by Gasteiger charge is -2.18. The largest absolute Gasteiger partial charge is 0.0805 e. The zero-order valence-electron chi connectivity index (χ0n) is 11.9. The minimum absolute atomic E-state index is 0.881. The topological polar surface area (TPSA) is 0 Å². The second-order valence-electron chi connectivity index (χ2n) is 5.42. The van der Waals surface area contributed by atoms with Gasteiger partial charge in [-0.2, -0.15) is 0 Å². The normalized spacial score (nSPS) is 16.2. The van der Waals surface area contributed by atoms with Gasteiger partial charge < -0.3 is 0 Å². The molecule has 1 unspecified atom stereocenters. The van der Waals surface area contributed by atoms with Crippen LogP contribution >= 0.6 is 0 Å². The maximum absolute atomic E-state index is 2.37. The van der Waals surface area contributed by atoms with Crippen LogP contribution in [0.2, 0.25) is 0 Å². The van der Waals surface area contributed by atoms with E-state index in [1.54, 1.807) is 5.57 Å². The SMILES string of the molecule is CCCCCCCC(CCCC)C1=CC=CC1. The average molecular weight is 234 g/mol. The van der Waals surface area contributed by atoms with Gasteiger partial charge in [0.1, 0.15) is 0 Å². The van der Waals surface area contributed by atoms with Crippen LogP contribution in [0.3, 0.4) is 0 Å². The molecule has 1 aliphatic rings. The molecule has 17 heavy (non-hydrogen) atoms. The Morgan fingerprint density at radius 1 is 0.941 bits per heavy atom. The lowest BCUT2D eigenvalue weighted by Crippen LogP contribution is -2.03. The third-order valence-corrected chi connectivity index (χ3v) is 3.89. The van der Waals surface area contributed by atoms with Gasteiger partial charge in [0.15, 0.2) is 0 Å². The van der Waals surface area contributed by atoms with Gasteiger partial charge in [0.05, 0.1) is 0 Å². The molecule has 0 heteroatoms. The summed E-state index contributed by atoms with van der Waals surface area (Å²) in [5, 5.41) is 0. The van der Waals surface area contributed by atoms with Gasteiger partial charge in [-0.25, -0.2) is 0 Å². The maximum Gasteiger partial charge on any atom is -0.0130 e. The maximum atomic E-state index is 2.37. The van der Waals surface area contributed by atoms with Gasteiger partial charge in [-0.05, 0) is 25.2 Å². The van der Waals surface area contributed by atoms with E-state index in [2.05, 4.69) is 32.1 Å². The Bertz CT molecular complexity index is 234. The van der Waals surface area contributed by atoms with Gasteiger partial charge in [-0.3, -0.25) is 0 Å². The molecule has 0 aromatic rings. The minimum atomic E-state index is 0.881. The van der Waals surface area contributed by atoms with Crippen molar-refractivity contribution < 1.29 is 0 Å². The number of hydrogen-bond acceptors (Lipinski definition) is 0. The van der Waals surface area contributed by atoms with E-state index in [9.17, 15) is 0 Å². The molecule has 0 heterocycles. The molecule has 98 valence electrons. The van der Waals surface area contributed by atoms with Gasteiger partial charge >= 0.3 is 0 Å². The Labute approximate surface area is 108 Å². The highest BCUT2D eigenvalue weighted by atomic mass is 14.2. The zero-order chi connectivity index (χ0) is 12.3. The van der Waals surface area contributed by atoms with Crippen LogP contribution in [0.25, 0.3) is 0 Å². The lowest BCUT2D eigenvalue weighted by atomic mass is 9.88. The second-order valence-corrected chi connectivity index (χ2v) is 5.42. The van der Waals surface area contributed by atoms with Gasteiger partial charge in [0.25, 0.3) is 0 Å². The van der Waals surface area contributed by atoms with Crippen LogP contribution in [-0.4, -0.2) is 0 Å². The molecule has 0 bridgehead atoms. The van der Waals surface area contributed by atoms with Crippen LogP contribution in [0.1, 0.15) is 78.1 Å². The first-order valence-electron chi connectivity index (χ1n) is 7.74. The summed E-state index contributed by atoms with van der Waals surface area (Å²) in [5.41, 5.74) is 1.70. The number of unbranched alkanes of at least 4 members (excludes halogenated alkanes) is 5. The van der Waals surface area contributed by atoms with E-state index in [-0.39, 0.29) is 0 Å². The predicted molar refractivity (Wildman–Crippen MR) is 78.2 cm³/mol. The molecular formula is C17H30. The van der Waals surface area contributed by atoms with Crippen molar-refractivity contribution in [2.45, 2.75) is 78.1 Å². The van der Waals surface area contributed by atoms with E-state index < -0.39 is 0 Å². The van der Waals surface area contributed by atoms with Gasteiger partial charge in [-0.15, -0.1) is 0 Å². The Morgan fingerprint density at radius 2 is 1.65 bits per heavy atom. The van der Waals surface area contributed by atoms with Crippen molar-refractivity contribution in [3.63, 3.8) is 0 Å². The monoisotopic (exact) mass is 234 g/mol. The molecule has 0 spiro atoms. The van der Waals surface area contributed by atoms with Crippen molar-refractivity contribution in [1.29, 1.82) is 0 Å². The molecule has 0 aromatic heterocycles. The fourth-order valence-corrected chi connectivity index (χ4v) is 2.73. The highest BCUT2D eigenvalue weighted by molar-refractivity contribution is 5.24. The van der Waals surface area contributed by atoms with Gasteiger partial charge in [0.2, 0.25) is 0 Å². The third-order valence-electron chi connectivity index (χ3n) is 3.89. The van der Waals surface area contributed by atoms with Crippen molar-refractivity contribution in [2.75, 3.05) is 0 Å². The highest BCUT2D eigenvalue weighted by Gasteiger charge is 2.14. The summed E-state index contributed by atoms with van der Waals surface area (Å²) < 4.78 is 0. The molecule has 0 fully saturated rings. The van der Waals surface area contributed by atoms with E-state index in [0.29, 0.717) is 0 Å². The first-order chi connectivity index (χ1) is 8.38. The number of rotatable bonds is 10. The first-order valence-corrected chi connectivity index (χ1v) is 7.74. The molecule has 0 aliphatic heterocycles. The molecule has 0 nitrogen and oxygen atoms in total. The molecule has 0 radical (unpaired) electrons. The summed E-state index contributed by atoms with van der Waals surface area (Å²) in [4.78, 5) is 0. The van der Waals surface area contributed by atoms with Crippen LogP contribution in [0.4, 0.5) is 0 Å². The molecule has 1 aliphatic carbocycles. The Morgan fingerprint density at radius 3 is 2.29 bits per heavy atom. The van der Waals surface area contributed by atoms with Crippen LogP contribution in [0, 0.1) is 5.92 Å². The third kappa shape index (κ3) is 6.10. The van der Waals surface area contributed by atoms with E-state index in [1.165, 1.54) is 64.2 Å². The fourth-order valence-electron chi connectivity index (χ4n) is 2.73. The van der Waals surface area contributed by atoms with E-state index >= 15 is 0 Å². The first kappa shape index (κ1) is 14.5. The van der Waals surface area contributed by atoms with E-state index in [4.69, 9.17) is 0 Å². The standard InChI is InChI=1S/C17H30/c1-3-5-7-8-9-13-16(12-6-4-2)17-14-10-11-15-17/h10-11,14,16H,3-9,12-13,15H2,1-2H3. The van der Waals surface area contributed by atoms with Crippen LogP contribution < -0.4 is 0 Å². The average Bonchev–Trinajstić information content (AvgIpc) is 2.86. The van der Waals surface area contributed by atoms with Crippen molar-refractivity contribution in [2.24, 2.45) is 5.92 Å². The molecule has 1 atom stereocenters. The fraction of sp³-hybridized carbons (Fsp3) is 0.765. The van der Waals surface area contributed by atoms with Crippen molar-refractivity contribution in [1.82, 2.24) is 0 Å². The van der Waals surface area contributed by atoms with Crippen LogP contribution in [0.5, 0.6) is 0 Å². The Balaban J connectivity index is 2.21. The summed E-state index contributed by atoms with van der Waals surface area (Å²) in [6.45, 7) is 4.60. The molecule has 0 amide bonds. The summed E-state index contributed by atoms with van der Waals surface area (Å²) in [6, 6.07) is 0. The minimum Gasteiger partial charge on any atom is -0.0805 e. The Hall–Kier alpha value is -0.520. The smallest absolute Gasteiger partial charge is 0.0130 e. The van der Waals surface area contributed by atoms with Crippen molar-refractivity contribution >= 4 is 0 Å². The molecule has 0 N–H and O–H groups in total. The Kier molecular flexibility index (Phi) is 8.13. The molecule has 0 saturated carbocycles. The van der Waals surface area contributed by atoms with Crippen LogP contribution in [0.15, 0.2) is 23.8 Å². The summed E-state index contributed by atoms with van der Waals surface area (Å²) in [6.07, 6.45) is 20.8.